The van der Waals surface area contributed by atoms with Gasteiger partial charge in [0.25, 0.3) is 0 Å². The van der Waals surface area contributed by atoms with Crippen LogP contribution in [0.1, 0.15) is 6.92 Å². The van der Waals surface area contributed by atoms with Crippen molar-refractivity contribution >= 4 is 17.3 Å². The fourth-order valence-electron chi connectivity index (χ4n) is 0.974. The first-order valence-corrected chi connectivity index (χ1v) is 4.23. The molecule has 0 aliphatic carbocycles. The summed E-state index contributed by atoms with van der Waals surface area (Å²) in [6.45, 7) is 2.94. The normalized spacial score (nSPS) is 9.58. The molecule has 0 saturated carbocycles. The van der Waals surface area contributed by atoms with Crippen LogP contribution in [0.3, 0.4) is 0 Å². The van der Waals surface area contributed by atoms with Gasteiger partial charge in [0, 0.05) is 18.3 Å². The molecule has 0 spiro atoms. The van der Waals surface area contributed by atoms with E-state index < -0.39 is 0 Å². The van der Waals surface area contributed by atoms with Crippen LogP contribution in [0.2, 0.25) is 5.02 Å². The largest absolute Gasteiger partial charge is 0.495 e. The van der Waals surface area contributed by atoms with Gasteiger partial charge in [0.05, 0.1) is 12.1 Å². The van der Waals surface area contributed by atoms with Crippen molar-refractivity contribution in [3.63, 3.8) is 0 Å². The van der Waals surface area contributed by atoms with Gasteiger partial charge in [0.1, 0.15) is 5.75 Å². The Morgan fingerprint density at radius 3 is 2.83 bits per heavy atom. The third-order valence-electron chi connectivity index (χ3n) is 1.53. The minimum Gasteiger partial charge on any atom is -0.495 e. The van der Waals surface area contributed by atoms with E-state index in [1.807, 2.05) is 25.1 Å². The summed E-state index contributed by atoms with van der Waals surface area (Å²) in [5.74, 6) is 0.704. The third-order valence-corrected chi connectivity index (χ3v) is 1.84. The van der Waals surface area contributed by atoms with Crippen molar-refractivity contribution in [1.29, 1.82) is 0 Å². The molecule has 0 bridgehead atoms. The molecule has 1 aromatic carbocycles. The smallest absolute Gasteiger partial charge is 0.139 e. The monoisotopic (exact) mass is 185 g/mol. The summed E-state index contributed by atoms with van der Waals surface area (Å²) >= 11 is 5.84. The molecule has 0 aromatic heterocycles. The van der Waals surface area contributed by atoms with E-state index in [-0.39, 0.29) is 0 Å². The number of rotatable bonds is 3. The Morgan fingerprint density at radius 1 is 1.50 bits per heavy atom. The van der Waals surface area contributed by atoms with Gasteiger partial charge in [0.2, 0.25) is 0 Å². The molecule has 1 aromatic rings. The first-order valence-electron chi connectivity index (χ1n) is 3.85. The summed E-state index contributed by atoms with van der Waals surface area (Å²) in [6.07, 6.45) is 0. The van der Waals surface area contributed by atoms with Crippen LogP contribution in [-0.2, 0) is 0 Å². The number of ether oxygens (including phenoxy) is 1. The summed E-state index contributed by atoms with van der Waals surface area (Å²) < 4.78 is 5.06. The highest BCUT2D eigenvalue weighted by Gasteiger charge is 1.99. The Labute approximate surface area is 77.5 Å². The summed E-state index contributed by atoms with van der Waals surface area (Å²) in [5.41, 5.74) is 1.03. The SMILES string of the molecule is CCNc1ccc(Cl)c(OC)c1. The zero-order valence-electron chi connectivity index (χ0n) is 7.23. The Morgan fingerprint density at radius 2 is 2.25 bits per heavy atom. The predicted octanol–water partition coefficient (Wildman–Crippen LogP) is 2.78. The summed E-state index contributed by atoms with van der Waals surface area (Å²) in [6, 6.07) is 5.62. The van der Waals surface area contributed by atoms with Crippen molar-refractivity contribution in [3.8, 4) is 5.75 Å². The highest BCUT2D eigenvalue weighted by Crippen LogP contribution is 2.27. The van der Waals surface area contributed by atoms with E-state index in [2.05, 4.69) is 5.32 Å². The lowest BCUT2D eigenvalue weighted by molar-refractivity contribution is 0.415. The van der Waals surface area contributed by atoms with E-state index in [4.69, 9.17) is 16.3 Å². The van der Waals surface area contributed by atoms with Gasteiger partial charge in [-0.05, 0) is 19.1 Å². The molecule has 0 atom stereocenters. The third kappa shape index (κ3) is 2.05. The number of halogens is 1. The van der Waals surface area contributed by atoms with E-state index in [0.29, 0.717) is 10.8 Å². The summed E-state index contributed by atoms with van der Waals surface area (Å²) in [5, 5.41) is 3.81. The molecule has 2 nitrogen and oxygen atoms in total. The van der Waals surface area contributed by atoms with E-state index in [1.165, 1.54) is 0 Å². The quantitative estimate of drug-likeness (QED) is 0.782. The van der Waals surface area contributed by atoms with Gasteiger partial charge < -0.3 is 10.1 Å². The summed E-state index contributed by atoms with van der Waals surface area (Å²) in [7, 11) is 1.61. The van der Waals surface area contributed by atoms with Crippen LogP contribution in [0.5, 0.6) is 5.75 Å². The van der Waals surface area contributed by atoms with Crippen molar-refractivity contribution in [2.45, 2.75) is 6.92 Å². The van der Waals surface area contributed by atoms with Crippen LogP contribution in [0.4, 0.5) is 5.69 Å². The van der Waals surface area contributed by atoms with Gasteiger partial charge in [-0.3, -0.25) is 0 Å². The second-order valence-electron chi connectivity index (χ2n) is 2.38. The first-order chi connectivity index (χ1) is 5.77. The van der Waals surface area contributed by atoms with E-state index in [9.17, 15) is 0 Å². The maximum Gasteiger partial charge on any atom is 0.139 e. The van der Waals surface area contributed by atoms with Crippen LogP contribution in [-0.4, -0.2) is 13.7 Å². The lowest BCUT2D eigenvalue weighted by atomic mass is 10.3. The highest BCUT2D eigenvalue weighted by atomic mass is 35.5. The topological polar surface area (TPSA) is 21.3 Å². The van der Waals surface area contributed by atoms with Gasteiger partial charge >= 0.3 is 0 Å². The van der Waals surface area contributed by atoms with Crippen LogP contribution >= 0.6 is 11.6 Å². The molecule has 0 aliphatic heterocycles. The molecule has 0 radical (unpaired) electrons. The minimum atomic E-state index is 0.638. The zero-order valence-corrected chi connectivity index (χ0v) is 7.98. The number of nitrogens with one attached hydrogen (secondary N) is 1. The standard InChI is InChI=1S/C9H12ClNO/c1-3-11-7-4-5-8(10)9(6-7)12-2/h4-6,11H,3H2,1-2H3. The first kappa shape index (κ1) is 9.20. The van der Waals surface area contributed by atoms with Gasteiger partial charge in [-0.15, -0.1) is 0 Å². The molecule has 0 heterocycles. The molecule has 12 heavy (non-hydrogen) atoms. The fourth-order valence-corrected chi connectivity index (χ4v) is 1.17. The maximum atomic E-state index is 5.84. The number of hydrogen-bond acceptors (Lipinski definition) is 2. The maximum absolute atomic E-state index is 5.84. The lowest BCUT2D eigenvalue weighted by Gasteiger charge is -2.06. The van der Waals surface area contributed by atoms with Crippen LogP contribution < -0.4 is 10.1 Å². The van der Waals surface area contributed by atoms with Crippen molar-refractivity contribution in [2.24, 2.45) is 0 Å². The second-order valence-corrected chi connectivity index (χ2v) is 2.79. The lowest BCUT2D eigenvalue weighted by Crippen LogP contribution is -1.96. The molecule has 66 valence electrons. The molecule has 1 N–H and O–H groups in total. The Kier molecular flexibility index (Phi) is 3.23. The predicted molar refractivity (Wildman–Crippen MR) is 52.2 cm³/mol. The number of methoxy groups -OCH3 is 1. The molecule has 1 rings (SSSR count). The molecule has 0 unspecified atom stereocenters. The average molecular weight is 186 g/mol. The second kappa shape index (κ2) is 4.21. The van der Waals surface area contributed by atoms with Crippen molar-refractivity contribution < 1.29 is 4.74 Å². The van der Waals surface area contributed by atoms with Crippen molar-refractivity contribution in [3.05, 3.63) is 23.2 Å². The Hall–Kier alpha value is -0.890. The minimum absolute atomic E-state index is 0.638. The summed E-state index contributed by atoms with van der Waals surface area (Å²) in [4.78, 5) is 0. The molecular formula is C9H12ClNO. The fraction of sp³-hybridized carbons (Fsp3) is 0.333. The molecular weight excluding hydrogens is 174 g/mol. The Bertz CT molecular complexity index is 263. The van der Waals surface area contributed by atoms with Gasteiger partial charge in [-0.25, -0.2) is 0 Å². The zero-order chi connectivity index (χ0) is 8.97. The van der Waals surface area contributed by atoms with Crippen LogP contribution in [0, 0.1) is 0 Å². The molecule has 0 saturated heterocycles. The van der Waals surface area contributed by atoms with Gasteiger partial charge in [-0.2, -0.15) is 0 Å². The van der Waals surface area contributed by atoms with E-state index in [1.54, 1.807) is 7.11 Å². The van der Waals surface area contributed by atoms with Crippen LogP contribution in [0.25, 0.3) is 0 Å². The average Bonchev–Trinajstić information content (AvgIpc) is 2.09. The molecule has 0 amide bonds. The molecule has 0 aliphatic rings. The highest BCUT2D eigenvalue weighted by molar-refractivity contribution is 6.32. The molecule has 0 fully saturated rings. The van der Waals surface area contributed by atoms with Crippen molar-refractivity contribution in [2.75, 3.05) is 19.0 Å². The number of benzene rings is 1. The van der Waals surface area contributed by atoms with Crippen LogP contribution in [0.15, 0.2) is 18.2 Å². The van der Waals surface area contributed by atoms with E-state index >= 15 is 0 Å². The Balaban J connectivity index is 2.89. The van der Waals surface area contributed by atoms with E-state index in [0.717, 1.165) is 12.2 Å². The number of hydrogen-bond donors (Lipinski definition) is 1. The van der Waals surface area contributed by atoms with Gasteiger partial charge in [0.15, 0.2) is 0 Å². The molecule has 3 heteroatoms. The van der Waals surface area contributed by atoms with Crippen molar-refractivity contribution in [1.82, 2.24) is 0 Å². The van der Waals surface area contributed by atoms with Gasteiger partial charge in [-0.1, -0.05) is 11.6 Å². The number of anilines is 1.